The summed E-state index contributed by atoms with van der Waals surface area (Å²) in [5, 5.41) is 0.589. The third-order valence-corrected chi connectivity index (χ3v) is 8.25. The number of hydrogen-bond acceptors (Lipinski definition) is 5. The molecule has 0 aliphatic rings. The number of anilines is 1. The molecule has 0 aliphatic heterocycles. The van der Waals surface area contributed by atoms with Gasteiger partial charge in [0.25, 0.3) is 5.91 Å². The fraction of sp³-hybridized carbons (Fsp3) is 0.200. The first-order chi connectivity index (χ1) is 15.3. The first kappa shape index (κ1) is 22.2. The Morgan fingerprint density at radius 1 is 1.00 bits per heavy atom. The van der Waals surface area contributed by atoms with Gasteiger partial charge < -0.3 is 0 Å². The van der Waals surface area contributed by atoms with Crippen molar-refractivity contribution in [2.75, 3.05) is 10.7 Å². The van der Waals surface area contributed by atoms with Crippen molar-refractivity contribution in [3.8, 4) is 0 Å². The van der Waals surface area contributed by atoms with Gasteiger partial charge in [0.15, 0.2) is 15.0 Å². The summed E-state index contributed by atoms with van der Waals surface area (Å²) in [7, 11) is -3.42. The Morgan fingerprint density at radius 2 is 1.75 bits per heavy atom. The van der Waals surface area contributed by atoms with Crippen LogP contribution in [0.1, 0.15) is 34.0 Å². The van der Waals surface area contributed by atoms with E-state index in [2.05, 4.69) is 6.07 Å². The summed E-state index contributed by atoms with van der Waals surface area (Å²) in [6, 6.07) is 20.1. The van der Waals surface area contributed by atoms with Gasteiger partial charge in [0.2, 0.25) is 0 Å². The lowest BCUT2D eigenvalue weighted by atomic mass is 10.1. The van der Waals surface area contributed by atoms with Crippen molar-refractivity contribution < 1.29 is 13.2 Å². The van der Waals surface area contributed by atoms with E-state index in [4.69, 9.17) is 4.98 Å². The number of hydrogen-bond donors (Lipinski definition) is 0. The molecule has 164 valence electrons. The zero-order valence-electron chi connectivity index (χ0n) is 18.2. The first-order valence-electron chi connectivity index (χ1n) is 10.3. The summed E-state index contributed by atoms with van der Waals surface area (Å²) in [4.78, 5) is 20.2. The molecule has 5 nitrogen and oxygen atoms in total. The summed E-state index contributed by atoms with van der Waals surface area (Å²) in [6.07, 6.45) is 0. The number of amides is 1. The lowest BCUT2D eigenvalue weighted by molar-refractivity contribution is 0.0985. The van der Waals surface area contributed by atoms with E-state index in [1.54, 1.807) is 24.0 Å². The second kappa shape index (κ2) is 8.84. The molecular weight excluding hydrogens is 440 g/mol. The molecule has 4 aromatic rings. The minimum atomic E-state index is -3.42. The molecule has 0 N–H and O–H groups in total. The van der Waals surface area contributed by atoms with Crippen molar-refractivity contribution in [1.29, 1.82) is 0 Å². The monoisotopic (exact) mass is 464 g/mol. The predicted octanol–water partition coefficient (Wildman–Crippen LogP) is 5.55. The van der Waals surface area contributed by atoms with E-state index in [0.717, 1.165) is 26.9 Å². The largest absolute Gasteiger partial charge is 0.279 e. The molecule has 4 rings (SSSR count). The summed E-state index contributed by atoms with van der Waals surface area (Å²) >= 11 is 1.47. The third-order valence-electron chi connectivity index (χ3n) is 5.29. The molecule has 0 saturated heterocycles. The van der Waals surface area contributed by atoms with Gasteiger partial charge in [-0.1, -0.05) is 60.7 Å². The van der Waals surface area contributed by atoms with E-state index >= 15 is 0 Å². The molecular formula is C25H24N2O3S2. The number of benzene rings is 3. The number of thiazole rings is 1. The lowest BCUT2D eigenvalue weighted by Gasteiger charge is -2.20. The number of carbonyl (C=O) groups excluding carboxylic acids is 1. The zero-order chi connectivity index (χ0) is 22.9. The quantitative estimate of drug-likeness (QED) is 0.375. The highest BCUT2D eigenvalue weighted by Crippen LogP contribution is 2.33. The molecule has 0 bridgehead atoms. The van der Waals surface area contributed by atoms with Gasteiger partial charge in [0, 0.05) is 5.56 Å². The third kappa shape index (κ3) is 4.45. The van der Waals surface area contributed by atoms with Gasteiger partial charge in [-0.25, -0.2) is 13.4 Å². The normalized spacial score (nSPS) is 11.6. The van der Waals surface area contributed by atoms with Gasteiger partial charge in [0.05, 0.1) is 27.4 Å². The Morgan fingerprint density at radius 3 is 2.47 bits per heavy atom. The van der Waals surface area contributed by atoms with Gasteiger partial charge in [-0.15, -0.1) is 0 Å². The van der Waals surface area contributed by atoms with Crippen molar-refractivity contribution in [3.63, 3.8) is 0 Å². The van der Waals surface area contributed by atoms with Crippen LogP contribution in [0, 0.1) is 13.8 Å². The van der Waals surface area contributed by atoms with Gasteiger partial charge in [-0.3, -0.25) is 9.69 Å². The van der Waals surface area contributed by atoms with Crippen LogP contribution in [0.25, 0.3) is 10.2 Å². The number of aryl methyl sites for hydroxylation is 2. The molecule has 0 aliphatic carbocycles. The molecule has 0 atom stereocenters. The standard InChI is InChI=1S/C25H24N2O3S2/c1-4-32(29,30)21-12-8-11-20(15-21)24(28)27(16-19-9-6-5-7-10-19)25-26-22-14-17(2)13-18(3)23(22)31-25/h5-15H,4,16H2,1-3H3. The highest BCUT2D eigenvalue weighted by molar-refractivity contribution is 7.91. The number of rotatable bonds is 6. The van der Waals surface area contributed by atoms with Gasteiger partial charge in [-0.05, 0) is 54.8 Å². The highest BCUT2D eigenvalue weighted by Gasteiger charge is 2.24. The fourth-order valence-corrected chi connectivity index (χ4v) is 5.56. The smallest absolute Gasteiger partial charge is 0.260 e. The van der Waals surface area contributed by atoms with Crippen LogP contribution in [0.4, 0.5) is 5.13 Å². The highest BCUT2D eigenvalue weighted by atomic mass is 32.2. The average Bonchev–Trinajstić information content (AvgIpc) is 3.22. The second-order valence-corrected chi connectivity index (χ2v) is 11.0. The molecule has 0 saturated carbocycles. The van der Waals surface area contributed by atoms with Crippen molar-refractivity contribution in [3.05, 3.63) is 89.0 Å². The number of fused-ring (bicyclic) bond motifs is 1. The average molecular weight is 465 g/mol. The molecule has 1 amide bonds. The molecule has 0 spiro atoms. The Kier molecular flexibility index (Phi) is 6.13. The van der Waals surface area contributed by atoms with Crippen LogP contribution in [0.2, 0.25) is 0 Å². The number of carbonyl (C=O) groups is 1. The summed E-state index contributed by atoms with van der Waals surface area (Å²) in [5.74, 6) is -0.301. The Labute approximate surface area is 192 Å². The minimum absolute atomic E-state index is 0.0190. The number of nitrogens with zero attached hydrogens (tertiary/aromatic N) is 2. The van der Waals surface area contributed by atoms with Gasteiger partial charge >= 0.3 is 0 Å². The zero-order valence-corrected chi connectivity index (χ0v) is 19.8. The second-order valence-electron chi connectivity index (χ2n) is 7.73. The predicted molar refractivity (Wildman–Crippen MR) is 130 cm³/mol. The van der Waals surface area contributed by atoms with Crippen LogP contribution in [-0.2, 0) is 16.4 Å². The molecule has 0 unspecified atom stereocenters. The maximum atomic E-state index is 13.6. The molecule has 7 heteroatoms. The molecule has 1 heterocycles. The molecule has 1 aromatic heterocycles. The fourth-order valence-electron chi connectivity index (χ4n) is 3.62. The Balaban J connectivity index is 1.81. The van der Waals surface area contributed by atoms with Crippen LogP contribution in [0.15, 0.2) is 71.6 Å². The van der Waals surface area contributed by atoms with E-state index < -0.39 is 9.84 Å². The maximum absolute atomic E-state index is 13.6. The minimum Gasteiger partial charge on any atom is -0.279 e. The van der Waals surface area contributed by atoms with E-state index in [1.165, 1.54) is 23.5 Å². The first-order valence-corrected chi connectivity index (χ1v) is 12.8. The van der Waals surface area contributed by atoms with Crippen LogP contribution in [0.3, 0.4) is 0 Å². The van der Waals surface area contributed by atoms with Crippen molar-refractivity contribution in [1.82, 2.24) is 4.98 Å². The van der Waals surface area contributed by atoms with Crippen molar-refractivity contribution in [2.24, 2.45) is 0 Å². The number of sulfone groups is 1. The maximum Gasteiger partial charge on any atom is 0.260 e. The molecule has 32 heavy (non-hydrogen) atoms. The Bertz CT molecular complexity index is 1390. The lowest BCUT2D eigenvalue weighted by Crippen LogP contribution is -2.30. The summed E-state index contributed by atoms with van der Waals surface area (Å²) in [5.41, 5.74) is 4.38. The van der Waals surface area contributed by atoms with E-state index in [-0.39, 0.29) is 16.6 Å². The van der Waals surface area contributed by atoms with Crippen LogP contribution in [-0.4, -0.2) is 25.1 Å². The SMILES string of the molecule is CCS(=O)(=O)c1cccc(C(=O)N(Cc2ccccc2)c2nc3cc(C)cc(C)c3s2)c1. The van der Waals surface area contributed by atoms with Crippen LogP contribution in [0.5, 0.6) is 0 Å². The van der Waals surface area contributed by atoms with Crippen LogP contribution < -0.4 is 4.90 Å². The summed E-state index contributed by atoms with van der Waals surface area (Å²) in [6.45, 7) is 6.00. The van der Waals surface area contributed by atoms with E-state index in [9.17, 15) is 13.2 Å². The topological polar surface area (TPSA) is 67.3 Å². The van der Waals surface area contributed by atoms with E-state index in [0.29, 0.717) is 17.2 Å². The van der Waals surface area contributed by atoms with Gasteiger partial charge in [-0.2, -0.15) is 0 Å². The Hall–Kier alpha value is -3.03. The van der Waals surface area contributed by atoms with Crippen LogP contribution >= 0.6 is 11.3 Å². The summed E-state index contributed by atoms with van der Waals surface area (Å²) < 4.78 is 25.8. The van der Waals surface area contributed by atoms with Crippen molar-refractivity contribution >= 4 is 42.4 Å². The molecule has 0 radical (unpaired) electrons. The molecule has 3 aromatic carbocycles. The van der Waals surface area contributed by atoms with Gasteiger partial charge in [0.1, 0.15) is 0 Å². The van der Waals surface area contributed by atoms with E-state index in [1.807, 2.05) is 50.2 Å². The molecule has 0 fully saturated rings. The van der Waals surface area contributed by atoms with Crippen molar-refractivity contribution in [2.45, 2.75) is 32.2 Å². The number of aromatic nitrogens is 1.